The van der Waals surface area contributed by atoms with Crippen LogP contribution in [-0.2, 0) is 16.2 Å². The highest BCUT2D eigenvalue weighted by Gasteiger charge is 2.36. The zero-order valence-electron chi connectivity index (χ0n) is 22.2. The molecule has 1 N–H and O–H groups in total. The van der Waals surface area contributed by atoms with Gasteiger partial charge in [-0.05, 0) is 80.4 Å². The van der Waals surface area contributed by atoms with Crippen LogP contribution in [0, 0.1) is 26.6 Å². The lowest BCUT2D eigenvalue weighted by atomic mass is 10.1. The highest BCUT2D eigenvalue weighted by molar-refractivity contribution is 8.18. The summed E-state index contributed by atoms with van der Waals surface area (Å²) in [5.74, 6) is -0.520. The number of ether oxygens (including phenoxy) is 2. The monoisotopic (exact) mass is 548 g/mol. The molecule has 0 atom stereocenters. The van der Waals surface area contributed by atoms with Crippen molar-refractivity contribution in [2.45, 2.75) is 34.3 Å². The highest BCUT2D eigenvalue weighted by Crippen LogP contribution is 2.35. The lowest BCUT2D eigenvalue weighted by molar-refractivity contribution is -0.127. The van der Waals surface area contributed by atoms with Gasteiger partial charge in [0.15, 0.2) is 11.5 Å². The first-order chi connectivity index (χ1) is 18.7. The molecule has 39 heavy (non-hydrogen) atoms. The number of hydrogen-bond donors (Lipinski definition) is 1. The fourth-order valence-electron chi connectivity index (χ4n) is 4.26. The van der Waals surface area contributed by atoms with Crippen LogP contribution in [0.15, 0.2) is 59.5 Å². The number of carbonyl (C=O) groups is 3. The average Bonchev–Trinajstić information content (AvgIpc) is 3.14. The smallest absolute Gasteiger partial charge is 0.294 e. The first-order valence-corrected chi connectivity index (χ1v) is 13.2. The topological polar surface area (TPSA) is 84.9 Å². The third-order valence-corrected chi connectivity index (χ3v) is 6.93. The van der Waals surface area contributed by atoms with E-state index in [-0.39, 0.29) is 23.9 Å². The van der Waals surface area contributed by atoms with E-state index in [1.54, 1.807) is 42.5 Å². The SMILES string of the molecule is CCOc1cc(/C=C2/SC(=O)N(CC(=O)Nc3c(C)cc(C)cc3C)C2=O)ccc1OCc1ccccc1F. The number of aryl methyl sites for hydroxylation is 3. The molecule has 0 aromatic heterocycles. The first-order valence-electron chi connectivity index (χ1n) is 12.4. The number of thioether (sulfide) groups is 1. The molecule has 3 aromatic rings. The van der Waals surface area contributed by atoms with Gasteiger partial charge >= 0.3 is 0 Å². The Morgan fingerprint density at radius 2 is 1.72 bits per heavy atom. The van der Waals surface area contributed by atoms with Crippen molar-refractivity contribution in [2.24, 2.45) is 0 Å². The second-order valence-electron chi connectivity index (χ2n) is 9.11. The third kappa shape index (κ3) is 6.67. The van der Waals surface area contributed by atoms with Crippen molar-refractivity contribution in [1.82, 2.24) is 4.90 Å². The largest absolute Gasteiger partial charge is 0.490 e. The van der Waals surface area contributed by atoms with E-state index in [0.717, 1.165) is 33.4 Å². The van der Waals surface area contributed by atoms with Gasteiger partial charge in [0.25, 0.3) is 11.1 Å². The predicted molar refractivity (Wildman–Crippen MR) is 150 cm³/mol. The van der Waals surface area contributed by atoms with Crippen molar-refractivity contribution in [2.75, 3.05) is 18.5 Å². The second kappa shape index (κ2) is 12.2. The maximum absolute atomic E-state index is 14.0. The molecular weight excluding hydrogens is 519 g/mol. The molecule has 0 aliphatic carbocycles. The van der Waals surface area contributed by atoms with E-state index < -0.39 is 17.1 Å². The normalized spacial score (nSPS) is 14.2. The van der Waals surface area contributed by atoms with Gasteiger partial charge in [0, 0.05) is 11.3 Å². The summed E-state index contributed by atoms with van der Waals surface area (Å²) in [6.07, 6.45) is 1.57. The molecule has 1 fully saturated rings. The summed E-state index contributed by atoms with van der Waals surface area (Å²) in [5, 5.41) is 2.31. The molecule has 0 bridgehead atoms. The van der Waals surface area contributed by atoms with Crippen LogP contribution in [0.2, 0.25) is 0 Å². The van der Waals surface area contributed by atoms with E-state index in [0.29, 0.717) is 34.9 Å². The third-order valence-electron chi connectivity index (χ3n) is 6.02. The van der Waals surface area contributed by atoms with E-state index in [1.165, 1.54) is 6.07 Å². The molecule has 0 unspecified atom stereocenters. The molecule has 3 amide bonds. The van der Waals surface area contributed by atoms with Crippen LogP contribution < -0.4 is 14.8 Å². The number of nitrogens with one attached hydrogen (secondary N) is 1. The molecule has 1 heterocycles. The molecule has 202 valence electrons. The van der Waals surface area contributed by atoms with Gasteiger partial charge in [-0.25, -0.2) is 4.39 Å². The van der Waals surface area contributed by atoms with Crippen molar-refractivity contribution >= 4 is 40.6 Å². The molecule has 0 spiro atoms. The Bertz CT molecular complexity index is 1450. The molecule has 1 saturated heterocycles. The van der Waals surface area contributed by atoms with E-state index in [2.05, 4.69) is 5.32 Å². The maximum atomic E-state index is 14.0. The second-order valence-corrected chi connectivity index (χ2v) is 10.1. The Morgan fingerprint density at radius 1 is 1.00 bits per heavy atom. The zero-order valence-corrected chi connectivity index (χ0v) is 23.0. The highest BCUT2D eigenvalue weighted by atomic mass is 32.2. The number of benzene rings is 3. The summed E-state index contributed by atoms with van der Waals surface area (Å²) in [6, 6.07) is 15.3. The van der Waals surface area contributed by atoms with E-state index in [9.17, 15) is 18.8 Å². The predicted octanol–water partition coefficient (Wildman–Crippen LogP) is 6.40. The molecule has 1 aliphatic rings. The summed E-state index contributed by atoms with van der Waals surface area (Å²) in [7, 11) is 0. The molecule has 1 aliphatic heterocycles. The van der Waals surface area contributed by atoms with Crippen molar-refractivity contribution in [1.29, 1.82) is 0 Å². The number of imide groups is 1. The van der Waals surface area contributed by atoms with Gasteiger partial charge in [0.2, 0.25) is 5.91 Å². The number of hydrogen-bond acceptors (Lipinski definition) is 6. The van der Waals surface area contributed by atoms with E-state index in [4.69, 9.17) is 9.47 Å². The first kappa shape index (κ1) is 27.9. The van der Waals surface area contributed by atoms with E-state index >= 15 is 0 Å². The molecular formula is C30H29FN2O5S. The molecule has 0 saturated carbocycles. The van der Waals surface area contributed by atoms with Crippen molar-refractivity contribution in [3.8, 4) is 11.5 Å². The quantitative estimate of drug-likeness (QED) is 0.311. The van der Waals surface area contributed by atoms with Gasteiger partial charge in [-0.3, -0.25) is 19.3 Å². The van der Waals surface area contributed by atoms with Gasteiger partial charge in [-0.2, -0.15) is 0 Å². The Balaban J connectivity index is 1.46. The van der Waals surface area contributed by atoms with Gasteiger partial charge in [-0.15, -0.1) is 0 Å². The number of rotatable bonds is 9. The number of carbonyl (C=O) groups excluding carboxylic acids is 3. The fourth-order valence-corrected chi connectivity index (χ4v) is 5.10. The zero-order chi connectivity index (χ0) is 28.1. The molecule has 7 nitrogen and oxygen atoms in total. The lowest BCUT2D eigenvalue weighted by Crippen LogP contribution is -2.36. The van der Waals surface area contributed by atoms with Gasteiger partial charge in [0.05, 0.1) is 11.5 Å². The van der Waals surface area contributed by atoms with Crippen LogP contribution in [0.4, 0.5) is 14.9 Å². The summed E-state index contributed by atoms with van der Waals surface area (Å²) >= 11 is 0.771. The Morgan fingerprint density at radius 3 is 2.41 bits per heavy atom. The summed E-state index contributed by atoms with van der Waals surface area (Å²) in [4.78, 5) is 39.4. The number of halogens is 1. The number of amides is 3. The van der Waals surface area contributed by atoms with Crippen LogP contribution in [0.25, 0.3) is 6.08 Å². The van der Waals surface area contributed by atoms with Gasteiger partial charge < -0.3 is 14.8 Å². The summed E-state index contributed by atoms with van der Waals surface area (Å²) in [6.45, 7) is 7.59. The average molecular weight is 549 g/mol. The number of nitrogens with zero attached hydrogens (tertiary/aromatic N) is 1. The fraction of sp³-hybridized carbons (Fsp3) is 0.233. The Kier molecular flexibility index (Phi) is 8.71. The summed E-state index contributed by atoms with van der Waals surface area (Å²) < 4.78 is 25.4. The minimum atomic E-state index is -0.546. The molecule has 9 heteroatoms. The van der Waals surface area contributed by atoms with E-state index in [1.807, 2.05) is 39.8 Å². The lowest BCUT2D eigenvalue weighted by Gasteiger charge is -2.16. The van der Waals surface area contributed by atoms with Crippen LogP contribution >= 0.6 is 11.8 Å². The maximum Gasteiger partial charge on any atom is 0.294 e. The van der Waals surface area contributed by atoms with Gasteiger partial charge in [-0.1, -0.05) is 42.0 Å². The van der Waals surface area contributed by atoms with Crippen LogP contribution in [0.3, 0.4) is 0 Å². The van der Waals surface area contributed by atoms with Crippen molar-refractivity contribution in [3.63, 3.8) is 0 Å². The summed E-state index contributed by atoms with van der Waals surface area (Å²) in [5.41, 5.74) is 4.58. The van der Waals surface area contributed by atoms with Gasteiger partial charge in [0.1, 0.15) is 19.0 Å². The van der Waals surface area contributed by atoms with Crippen LogP contribution in [-0.4, -0.2) is 35.1 Å². The van der Waals surface area contributed by atoms with Crippen molar-refractivity contribution < 1.29 is 28.2 Å². The minimum Gasteiger partial charge on any atom is -0.490 e. The molecule has 0 radical (unpaired) electrons. The Hall–Kier alpha value is -4.11. The van der Waals surface area contributed by atoms with Crippen LogP contribution in [0.1, 0.15) is 34.7 Å². The molecule has 3 aromatic carbocycles. The van der Waals surface area contributed by atoms with Crippen molar-refractivity contribution in [3.05, 3.63) is 93.1 Å². The minimum absolute atomic E-state index is 0.0225. The Labute approximate surface area is 231 Å². The molecule has 4 rings (SSSR count). The standard InChI is InChI=1S/C30H29FN2O5S/c1-5-37-25-14-21(10-11-24(25)38-17-22-8-6-7-9-23(22)31)15-26-29(35)33(30(36)39-26)16-27(34)32-28-19(3)12-18(2)13-20(28)4/h6-15H,5,16-17H2,1-4H3,(H,32,34)/b26-15+. The number of anilines is 1. The van der Waals surface area contributed by atoms with Crippen LogP contribution in [0.5, 0.6) is 11.5 Å².